The summed E-state index contributed by atoms with van der Waals surface area (Å²) in [5.74, 6) is 0.718. The molecular weight excluding hydrogens is 511 g/mol. The predicted octanol–water partition coefficient (Wildman–Crippen LogP) is 3.52. The maximum absolute atomic E-state index is 11.7. The van der Waals surface area contributed by atoms with E-state index in [9.17, 15) is 8.42 Å². The van der Waals surface area contributed by atoms with E-state index in [1.807, 2.05) is 19.1 Å². The quantitative estimate of drug-likeness (QED) is 0.302. The second-order valence-electron chi connectivity index (χ2n) is 7.14. The van der Waals surface area contributed by atoms with Gasteiger partial charge in [0.2, 0.25) is 0 Å². The summed E-state index contributed by atoms with van der Waals surface area (Å²) in [5.41, 5.74) is 4.24. The number of anilines is 1. The van der Waals surface area contributed by atoms with E-state index in [0.29, 0.717) is 11.4 Å². The summed E-state index contributed by atoms with van der Waals surface area (Å²) >= 11 is 0. The van der Waals surface area contributed by atoms with Crippen molar-refractivity contribution in [1.82, 2.24) is 10.6 Å². The highest BCUT2D eigenvalue weighted by molar-refractivity contribution is 14.0. The van der Waals surface area contributed by atoms with E-state index in [-0.39, 0.29) is 24.0 Å². The van der Waals surface area contributed by atoms with Gasteiger partial charge < -0.3 is 15.5 Å². The Morgan fingerprint density at radius 1 is 1.10 bits per heavy atom. The van der Waals surface area contributed by atoms with Gasteiger partial charge in [-0.3, -0.25) is 4.99 Å². The van der Waals surface area contributed by atoms with Gasteiger partial charge in [-0.15, -0.1) is 24.0 Å². The number of nitrogens with one attached hydrogen (secondary N) is 2. The summed E-state index contributed by atoms with van der Waals surface area (Å²) in [6, 6.07) is 13.9. The van der Waals surface area contributed by atoms with Gasteiger partial charge in [-0.05, 0) is 55.7 Å². The van der Waals surface area contributed by atoms with Crippen LogP contribution in [0.15, 0.2) is 52.4 Å². The second kappa shape index (κ2) is 12.1. The van der Waals surface area contributed by atoms with E-state index in [2.05, 4.69) is 58.6 Å². The standard InChI is InChI=1S/C22H32N4O2S.HI/c1-6-26(20-9-7-8-17(2)14-20)13-12-24-22(23-4)25-16-19-10-11-21(18(3)15-19)29(5,27)28;/h7-11,14-15H,6,12-13,16H2,1-5H3,(H2,23,24,25);1H. The van der Waals surface area contributed by atoms with Gasteiger partial charge in [-0.2, -0.15) is 0 Å². The number of rotatable bonds is 8. The minimum absolute atomic E-state index is 0. The molecule has 8 heteroatoms. The largest absolute Gasteiger partial charge is 0.370 e. The molecule has 0 amide bonds. The Labute approximate surface area is 198 Å². The molecule has 166 valence electrons. The Morgan fingerprint density at radius 3 is 2.40 bits per heavy atom. The molecule has 0 aromatic heterocycles. The third-order valence-electron chi connectivity index (χ3n) is 4.75. The number of likely N-dealkylation sites (N-methyl/N-ethyl adjacent to an activating group) is 1. The summed E-state index contributed by atoms with van der Waals surface area (Å²) < 4.78 is 23.5. The summed E-state index contributed by atoms with van der Waals surface area (Å²) in [5, 5.41) is 6.62. The summed E-state index contributed by atoms with van der Waals surface area (Å²) in [6.45, 7) is 9.19. The molecule has 0 aliphatic rings. The van der Waals surface area contributed by atoms with Crippen LogP contribution in [0.25, 0.3) is 0 Å². The Bertz CT molecular complexity index is 961. The van der Waals surface area contributed by atoms with E-state index < -0.39 is 9.84 Å². The Morgan fingerprint density at radius 2 is 1.83 bits per heavy atom. The van der Waals surface area contributed by atoms with Gasteiger partial charge in [0, 0.05) is 45.2 Å². The first-order valence-corrected chi connectivity index (χ1v) is 11.7. The Hall–Kier alpha value is -1.81. The zero-order valence-corrected chi connectivity index (χ0v) is 21.5. The number of sulfone groups is 1. The van der Waals surface area contributed by atoms with E-state index in [1.165, 1.54) is 17.5 Å². The van der Waals surface area contributed by atoms with Crippen molar-refractivity contribution in [1.29, 1.82) is 0 Å². The smallest absolute Gasteiger partial charge is 0.191 e. The van der Waals surface area contributed by atoms with E-state index in [0.717, 1.165) is 36.7 Å². The molecule has 0 spiro atoms. The molecule has 0 fully saturated rings. The van der Waals surface area contributed by atoms with Crippen LogP contribution in [0.3, 0.4) is 0 Å². The number of guanidine groups is 1. The first-order valence-electron chi connectivity index (χ1n) is 9.80. The molecule has 0 saturated heterocycles. The number of aryl methyl sites for hydroxylation is 2. The molecule has 6 nitrogen and oxygen atoms in total. The molecule has 0 atom stereocenters. The molecule has 0 bridgehead atoms. The molecule has 2 aromatic rings. The first-order chi connectivity index (χ1) is 13.7. The van der Waals surface area contributed by atoms with Crippen LogP contribution < -0.4 is 15.5 Å². The molecule has 0 aliphatic heterocycles. The molecular formula is C22H33IN4O2S. The van der Waals surface area contributed by atoms with Crippen LogP contribution in [-0.2, 0) is 16.4 Å². The van der Waals surface area contributed by atoms with Crippen molar-refractivity contribution in [3.05, 3.63) is 59.2 Å². The lowest BCUT2D eigenvalue weighted by Crippen LogP contribution is -2.41. The molecule has 0 radical (unpaired) electrons. The van der Waals surface area contributed by atoms with Gasteiger partial charge in [-0.1, -0.05) is 24.3 Å². The lowest BCUT2D eigenvalue weighted by molar-refractivity contribution is 0.601. The molecule has 0 unspecified atom stereocenters. The maximum atomic E-state index is 11.7. The van der Waals surface area contributed by atoms with E-state index in [1.54, 1.807) is 13.1 Å². The average Bonchev–Trinajstić information content (AvgIpc) is 2.66. The molecule has 0 heterocycles. The van der Waals surface area contributed by atoms with Crippen LogP contribution in [0.5, 0.6) is 0 Å². The Balaban J connectivity index is 0.00000450. The summed E-state index contributed by atoms with van der Waals surface area (Å²) in [6.07, 6.45) is 1.23. The van der Waals surface area contributed by atoms with Crippen LogP contribution in [0.2, 0.25) is 0 Å². The van der Waals surface area contributed by atoms with Crippen LogP contribution in [0.4, 0.5) is 5.69 Å². The fraction of sp³-hybridized carbons (Fsp3) is 0.409. The van der Waals surface area contributed by atoms with E-state index >= 15 is 0 Å². The topological polar surface area (TPSA) is 73.8 Å². The van der Waals surface area contributed by atoms with Crippen molar-refractivity contribution in [2.24, 2.45) is 4.99 Å². The van der Waals surface area contributed by atoms with Crippen LogP contribution in [0, 0.1) is 13.8 Å². The van der Waals surface area contributed by atoms with Crippen molar-refractivity contribution in [3.8, 4) is 0 Å². The van der Waals surface area contributed by atoms with Crippen molar-refractivity contribution in [2.75, 3.05) is 37.8 Å². The zero-order chi connectivity index (χ0) is 21.4. The minimum atomic E-state index is -3.20. The second-order valence-corrected chi connectivity index (χ2v) is 9.13. The SMILES string of the molecule is CCN(CCNC(=NC)NCc1ccc(S(C)(=O)=O)c(C)c1)c1cccc(C)c1.I. The molecule has 0 saturated carbocycles. The number of hydrogen-bond acceptors (Lipinski definition) is 4. The zero-order valence-electron chi connectivity index (χ0n) is 18.4. The molecule has 2 rings (SSSR count). The maximum Gasteiger partial charge on any atom is 0.191 e. The molecule has 2 N–H and O–H groups in total. The molecule has 0 aliphatic carbocycles. The average molecular weight is 545 g/mol. The number of halogens is 1. The van der Waals surface area contributed by atoms with E-state index in [4.69, 9.17) is 0 Å². The Kier molecular flexibility index (Phi) is 10.6. The lowest BCUT2D eigenvalue weighted by Gasteiger charge is -2.24. The first kappa shape index (κ1) is 26.2. The molecule has 2 aromatic carbocycles. The number of nitrogens with zero attached hydrogens (tertiary/aromatic N) is 2. The number of aliphatic imine (C=N–C) groups is 1. The van der Waals surface area contributed by atoms with Crippen molar-refractivity contribution in [2.45, 2.75) is 32.2 Å². The minimum Gasteiger partial charge on any atom is -0.370 e. The highest BCUT2D eigenvalue weighted by Crippen LogP contribution is 2.17. The fourth-order valence-electron chi connectivity index (χ4n) is 3.25. The van der Waals surface area contributed by atoms with Gasteiger partial charge >= 0.3 is 0 Å². The number of benzene rings is 2. The highest BCUT2D eigenvalue weighted by atomic mass is 127. The fourth-order valence-corrected chi connectivity index (χ4v) is 4.21. The predicted molar refractivity (Wildman–Crippen MR) is 137 cm³/mol. The van der Waals surface area contributed by atoms with Crippen molar-refractivity contribution >= 4 is 45.5 Å². The number of hydrogen-bond donors (Lipinski definition) is 2. The van der Waals surface area contributed by atoms with Crippen LogP contribution in [-0.4, -0.2) is 47.3 Å². The monoisotopic (exact) mass is 544 g/mol. The van der Waals surface area contributed by atoms with Gasteiger partial charge in [0.05, 0.1) is 4.90 Å². The van der Waals surface area contributed by atoms with Gasteiger partial charge in [0.1, 0.15) is 0 Å². The van der Waals surface area contributed by atoms with Crippen LogP contribution >= 0.6 is 24.0 Å². The van der Waals surface area contributed by atoms with Gasteiger partial charge in [-0.25, -0.2) is 8.42 Å². The highest BCUT2D eigenvalue weighted by Gasteiger charge is 2.11. The lowest BCUT2D eigenvalue weighted by atomic mass is 10.1. The van der Waals surface area contributed by atoms with Gasteiger partial charge in [0.25, 0.3) is 0 Å². The molecule has 30 heavy (non-hydrogen) atoms. The normalized spacial score (nSPS) is 11.6. The third kappa shape index (κ3) is 7.79. The van der Waals surface area contributed by atoms with Crippen molar-refractivity contribution < 1.29 is 8.42 Å². The van der Waals surface area contributed by atoms with Crippen molar-refractivity contribution in [3.63, 3.8) is 0 Å². The van der Waals surface area contributed by atoms with Gasteiger partial charge in [0.15, 0.2) is 15.8 Å². The summed E-state index contributed by atoms with van der Waals surface area (Å²) in [4.78, 5) is 6.97. The third-order valence-corrected chi connectivity index (χ3v) is 6.00. The van der Waals surface area contributed by atoms with Crippen LogP contribution in [0.1, 0.15) is 23.6 Å². The summed E-state index contributed by atoms with van der Waals surface area (Å²) in [7, 11) is -1.45.